The third kappa shape index (κ3) is 4.30. The number of fused-ring (bicyclic) bond motifs is 1. The van der Waals surface area contributed by atoms with E-state index in [-0.39, 0.29) is 17.5 Å². The third-order valence-corrected chi connectivity index (χ3v) is 4.45. The van der Waals surface area contributed by atoms with Gasteiger partial charge in [-0.15, -0.1) is 0 Å². The largest absolute Gasteiger partial charge is 0.450 e. The smallest absolute Gasteiger partial charge is 0.409 e. The van der Waals surface area contributed by atoms with E-state index in [4.69, 9.17) is 4.74 Å². The molecule has 1 aliphatic heterocycles. The van der Waals surface area contributed by atoms with Crippen LogP contribution in [0.4, 0.5) is 16.3 Å². The number of hydrogen-bond donors (Lipinski definition) is 1. The first-order valence-electron chi connectivity index (χ1n) is 8.75. The SMILES string of the molecule is CCOC(=O)N1CCCC(C(=O)Nc2ccc3cc([N+](=O)[O-])ccc3n2)C1. The van der Waals surface area contributed by atoms with Crippen LogP contribution in [0.5, 0.6) is 0 Å². The van der Waals surface area contributed by atoms with Crippen molar-refractivity contribution in [1.82, 2.24) is 9.88 Å². The highest BCUT2D eigenvalue weighted by atomic mass is 16.6. The number of piperidine rings is 1. The van der Waals surface area contributed by atoms with Gasteiger partial charge in [0.2, 0.25) is 5.91 Å². The van der Waals surface area contributed by atoms with Gasteiger partial charge in [-0.1, -0.05) is 0 Å². The molecule has 0 bridgehead atoms. The van der Waals surface area contributed by atoms with Crippen molar-refractivity contribution in [3.63, 3.8) is 0 Å². The van der Waals surface area contributed by atoms with Gasteiger partial charge in [-0.3, -0.25) is 14.9 Å². The molecule has 1 atom stereocenters. The summed E-state index contributed by atoms with van der Waals surface area (Å²) in [5, 5.41) is 14.2. The number of rotatable bonds is 4. The fourth-order valence-corrected chi connectivity index (χ4v) is 3.10. The molecule has 1 fully saturated rings. The Kier molecular flexibility index (Phi) is 5.49. The number of carbonyl (C=O) groups excluding carboxylic acids is 2. The molecule has 0 radical (unpaired) electrons. The highest BCUT2D eigenvalue weighted by Crippen LogP contribution is 2.23. The monoisotopic (exact) mass is 372 g/mol. The summed E-state index contributed by atoms with van der Waals surface area (Å²) in [7, 11) is 0. The van der Waals surface area contributed by atoms with Crippen LogP contribution >= 0.6 is 0 Å². The molecular weight excluding hydrogens is 352 g/mol. The molecule has 1 aromatic carbocycles. The summed E-state index contributed by atoms with van der Waals surface area (Å²) in [6.07, 6.45) is 1.01. The molecule has 0 saturated carbocycles. The number of nitrogens with one attached hydrogen (secondary N) is 1. The number of anilines is 1. The van der Waals surface area contributed by atoms with Crippen molar-refractivity contribution >= 4 is 34.4 Å². The molecule has 1 N–H and O–H groups in total. The van der Waals surface area contributed by atoms with Crippen molar-refractivity contribution in [1.29, 1.82) is 0 Å². The van der Waals surface area contributed by atoms with Crippen LogP contribution in [0.25, 0.3) is 10.9 Å². The molecule has 9 heteroatoms. The van der Waals surface area contributed by atoms with Crippen LogP contribution < -0.4 is 5.32 Å². The van der Waals surface area contributed by atoms with Gasteiger partial charge in [-0.2, -0.15) is 0 Å². The lowest BCUT2D eigenvalue weighted by Gasteiger charge is -2.31. The molecule has 0 spiro atoms. The maximum absolute atomic E-state index is 12.6. The van der Waals surface area contributed by atoms with Crippen LogP contribution in [0, 0.1) is 16.0 Å². The topological polar surface area (TPSA) is 115 Å². The molecular formula is C18H20N4O5. The van der Waals surface area contributed by atoms with Gasteiger partial charge in [-0.25, -0.2) is 9.78 Å². The van der Waals surface area contributed by atoms with Crippen molar-refractivity contribution in [2.75, 3.05) is 25.0 Å². The van der Waals surface area contributed by atoms with E-state index in [9.17, 15) is 19.7 Å². The van der Waals surface area contributed by atoms with Crippen molar-refractivity contribution in [2.45, 2.75) is 19.8 Å². The summed E-state index contributed by atoms with van der Waals surface area (Å²) in [4.78, 5) is 40.7. The number of carbonyl (C=O) groups is 2. The second kappa shape index (κ2) is 7.98. The zero-order valence-corrected chi connectivity index (χ0v) is 14.9. The van der Waals surface area contributed by atoms with Crippen LogP contribution in [0.3, 0.4) is 0 Å². The molecule has 27 heavy (non-hydrogen) atoms. The van der Waals surface area contributed by atoms with Crippen LogP contribution in [-0.4, -0.2) is 46.5 Å². The van der Waals surface area contributed by atoms with E-state index in [0.717, 1.165) is 6.42 Å². The lowest BCUT2D eigenvalue weighted by atomic mass is 9.97. The molecule has 1 aliphatic rings. The summed E-state index contributed by atoms with van der Waals surface area (Å²) in [6, 6.07) is 7.64. The van der Waals surface area contributed by atoms with Crippen molar-refractivity contribution in [2.24, 2.45) is 5.92 Å². The minimum absolute atomic E-state index is 0.0117. The third-order valence-electron chi connectivity index (χ3n) is 4.45. The van der Waals surface area contributed by atoms with Crippen LogP contribution in [0.15, 0.2) is 30.3 Å². The number of nitro groups is 1. The average Bonchev–Trinajstić information content (AvgIpc) is 2.67. The molecule has 0 aliphatic carbocycles. The van der Waals surface area contributed by atoms with Gasteiger partial charge in [0.1, 0.15) is 5.82 Å². The van der Waals surface area contributed by atoms with E-state index in [2.05, 4.69) is 10.3 Å². The van der Waals surface area contributed by atoms with Gasteiger partial charge < -0.3 is 15.0 Å². The van der Waals surface area contributed by atoms with Crippen molar-refractivity contribution in [3.8, 4) is 0 Å². The number of non-ortho nitro benzene ring substituents is 1. The standard InChI is InChI=1S/C18H20N4O5/c1-2-27-18(24)21-9-3-4-13(11-21)17(23)20-16-8-5-12-10-14(22(25)26)6-7-15(12)19-16/h5-8,10,13H,2-4,9,11H2,1H3,(H,19,20,23). The second-order valence-corrected chi connectivity index (χ2v) is 6.30. The molecule has 1 unspecified atom stereocenters. The summed E-state index contributed by atoms with van der Waals surface area (Å²) in [5.74, 6) is -0.176. The average molecular weight is 372 g/mol. The Morgan fingerprint density at radius 3 is 2.93 bits per heavy atom. The van der Waals surface area contributed by atoms with Gasteiger partial charge >= 0.3 is 6.09 Å². The Morgan fingerprint density at radius 1 is 1.37 bits per heavy atom. The number of ether oxygens (including phenoxy) is 1. The molecule has 1 saturated heterocycles. The van der Waals surface area contributed by atoms with Crippen molar-refractivity contribution in [3.05, 3.63) is 40.4 Å². The molecule has 2 amide bonds. The maximum atomic E-state index is 12.6. The Bertz CT molecular complexity index is 885. The summed E-state index contributed by atoms with van der Waals surface area (Å²) >= 11 is 0. The van der Waals surface area contributed by atoms with E-state index in [1.807, 2.05) is 0 Å². The van der Waals surface area contributed by atoms with E-state index in [0.29, 0.717) is 42.8 Å². The molecule has 3 rings (SSSR count). The van der Waals surface area contributed by atoms with E-state index >= 15 is 0 Å². The molecule has 1 aromatic heterocycles. The quantitative estimate of drug-likeness (QED) is 0.652. The lowest BCUT2D eigenvalue weighted by Crippen LogP contribution is -2.44. The molecule has 2 aromatic rings. The summed E-state index contributed by atoms with van der Waals surface area (Å²) in [6.45, 7) is 2.93. The number of hydrogen-bond acceptors (Lipinski definition) is 6. The molecule has 9 nitrogen and oxygen atoms in total. The molecule has 142 valence electrons. The van der Waals surface area contributed by atoms with Gasteiger partial charge in [0.05, 0.1) is 23.0 Å². The van der Waals surface area contributed by atoms with E-state index in [1.165, 1.54) is 12.1 Å². The lowest BCUT2D eigenvalue weighted by molar-refractivity contribution is -0.384. The summed E-state index contributed by atoms with van der Waals surface area (Å²) in [5.41, 5.74) is 0.539. The zero-order chi connectivity index (χ0) is 19.4. The van der Waals surface area contributed by atoms with Crippen LogP contribution in [0.1, 0.15) is 19.8 Å². The summed E-state index contributed by atoms with van der Waals surface area (Å²) < 4.78 is 5.00. The second-order valence-electron chi connectivity index (χ2n) is 6.30. The maximum Gasteiger partial charge on any atom is 0.409 e. The first-order valence-corrected chi connectivity index (χ1v) is 8.75. The normalized spacial score (nSPS) is 16.8. The van der Waals surface area contributed by atoms with Crippen LogP contribution in [0.2, 0.25) is 0 Å². The fraction of sp³-hybridized carbons (Fsp3) is 0.389. The Hall–Kier alpha value is -3.23. The fourth-order valence-electron chi connectivity index (χ4n) is 3.10. The highest BCUT2D eigenvalue weighted by Gasteiger charge is 2.29. The van der Waals surface area contributed by atoms with Gasteiger partial charge in [0.25, 0.3) is 5.69 Å². The minimum Gasteiger partial charge on any atom is -0.450 e. The molecule has 2 heterocycles. The van der Waals surface area contributed by atoms with E-state index in [1.54, 1.807) is 30.0 Å². The van der Waals surface area contributed by atoms with Gasteiger partial charge in [0.15, 0.2) is 0 Å². The Labute approximate surface area is 155 Å². The van der Waals surface area contributed by atoms with Crippen LogP contribution in [-0.2, 0) is 9.53 Å². The number of aromatic nitrogens is 1. The Morgan fingerprint density at radius 2 is 2.19 bits per heavy atom. The number of nitro benzene ring substituents is 1. The van der Waals surface area contributed by atoms with Gasteiger partial charge in [0, 0.05) is 30.6 Å². The predicted octanol–water partition coefficient (Wildman–Crippen LogP) is 2.95. The van der Waals surface area contributed by atoms with Crippen molar-refractivity contribution < 1.29 is 19.2 Å². The number of benzene rings is 1. The van der Waals surface area contributed by atoms with E-state index < -0.39 is 11.0 Å². The Balaban J connectivity index is 1.69. The number of nitrogens with zero attached hydrogens (tertiary/aromatic N) is 3. The first-order chi connectivity index (χ1) is 13.0. The number of pyridine rings is 1. The van der Waals surface area contributed by atoms with Gasteiger partial charge in [-0.05, 0) is 38.0 Å². The number of likely N-dealkylation sites (tertiary alicyclic amines) is 1. The number of amides is 2. The zero-order valence-electron chi connectivity index (χ0n) is 14.9. The predicted molar refractivity (Wildman–Crippen MR) is 98.3 cm³/mol. The highest BCUT2D eigenvalue weighted by molar-refractivity contribution is 5.93. The first kappa shape index (κ1) is 18.6. The minimum atomic E-state index is -0.465.